The molecule has 8 heteroatoms. The number of amides is 1. The fourth-order valence-electron chi connectivity index (χ4n) is 3.15. The van der Waals surface area contributed by atoms with Gasteiger partial charge in [-0.25, -0.2) is 0 Å². The van der Waals surface area contributed by atoms with Crippen LogP contribution in [0.3, 0.4) is 0 Å². The average Bonchev–Trinajstić information content (AvgIpc) is 2.93. The molecule has 2 aromatic rings. The first-order chi connectivity index (χ1) is 13.3. The summed E-state index contributed by atoms with van der Waals surface area (Å²) in [6.07, 6.45) is 3.16. The number of hydrogen-bond acceptors (Lipinski definition) is 6. The maximum Gasteiger partial charge on any atom is 0.295 e. The van der Waals surface area contributed by atoms with Crippen LogP contribution >= 0.6 is 15.9 Å². The number of likely N-dealkylation sites (N-methyl/N-ethyl adjacent to an activating group) is 1. The van der Waals surface area contributed by atoms with Crippen molar-refractivity contribution in [3.63, 3.8) is 0 Å². The van der Waals surface area contributed by atoms with Gasteiger partial charge in [-0.05, 0) is 43.9 Å². The third-order valence-electron chi connectivity index (χ3n) is 4.54. The topological polar surface area (TPSA) is 94.0 Å². The molecule has 1 aromatic carbocycles. The first kappa shape index (κ1) is 20.0. The molecule has 0 aliphatic carbocycles. The third-order valence-corrected chi connectivity index (χ3v) is 5.04. The van der Waals surface area contributed by atoms with E-state index in [0.29, 0.717) is 23.1 Å². The number of carbonyl (C=O) groups excluding carboxylic acids is 2. The molecule has 28 heavy (non-hydrogen) atoms. The van der Waals surface area contributed by atoms with Crippen LogP contribution in [0.5, 0.6) is 5.75 Å². The molecule has 146 valence electrons. The van der Waals surface area contributed by atoms with Crippen LogP contribution in [-0.2, 0) is 9.59 Å². The van der Waals surface area contributed by atoms with Crippen LogP contribution in [0.1, 0.15) is 17.2 Å². The minimum atomic E-state index is -0.788. The maximum absolute atomic E-state index is 12.8. The third kappa shape index (κ3) is 3.79. The second-order valence-electron chi connectivity index (χ2n) is 6.74. The Morgan fingerprint density at radius 2 is 2.04 bits per heavy atom. The van der Waals surface area contributed by atoms with Gasteiger partial charge in [0.2, 0.25) is 0 Å². The number of pyridine rings is 1. The molecule has 7 nitrogen and oxygen atoms in total. The van der Waals surface area contributed by atoms with Crippen LogP contribution in [0.4, 0.5) is 0 Å². The van der Waals surface area contributed by atoms with Gasteiger partial charge in [-0.15, -0.1) is 0 Å². The first-order valence-electron chi connectivity index (χ1n) is 8.63. The van der Waals surface area contributed by atoms with Gasteiger partial charge >= 0.3 is 0 Å². The number of aliphatic hydroxyl groups is 1. The van der Waals surface area contributed by atoms with Crippen molar-refractivity contribution in [1.29, 1.82) is 0 Å². The molecular weight excluding hydrogens is 426 g/mol. The van der Waals surface area contributed by atoms with Crippen LogP contribution < -0.4 is 0 Å². The van der Waals surface area contributed by atoms with Gasteiger partial charge in [0.1, 0.15) is 11.5 Å². The van der Waals surface area contributed by atoms with Crippen molar-refractivity contribution >= 4 is 33.4 Å². The fraction of sp³-hybridized carbons (Fsp3) is 0.250. The van der Waals surface area contributed by atoms with Gasteiger partial charge in [0.25, 0.3) is 11.7 Å². The van der Waals surface area contributed by atoms with Gasteiger partial charge in [-0.1, -0.05) is 22.0 Å². The Kier molecular flexibility index (Phi) is 5.81. The Labute approximate surface area is 171 Å². The molecular formula is C20H20BrN3O4. The van der Waals surface area contributed by atoms with E-state index in [9.17, 15) is 19.8 Å². The fourth-order valence-corrected chi connectivity index (χ4v) is 3.51. The lowest BCUT2D eigenvalue weighted by atomic mass is 9.96. The molecule has 0 bridgehead atoms. The van der Waals surface area contributed by atoms with Gasteiger partial charge in [0.05, 0.1) is 17.2 Å². The van der Waals surface area contributed by atoms with Gasteiger partial charge in [-0.2, -0.15) is 0 Å². The molecule has 1 aliphatic heterocycles. The lowest BCUT2D eigenvalue weighted by Gasteiger charge is -2.26. The van der Waals surface area contributed by atoms with E-state index in [1.165, 1.54) is 17.0 Å². The Bertz CT molecular complexity index is 944. The van der Waals surface area contributed by atoms with E-state index in [0.717, 1.165) is 0 Å². The summed E-state index contributed by atoms with van der Waals surface area (Å²) in [7, 11) is 3.74. The standard InChI is InChI=1S/C20H20BrN3O4/c1-23(2)8-9-24-17(12-4-3-7-22-11-12)16(19(27)20(24)28)18(26)14-10-13(21)5-6-15(14)25/h3-7,10-11,17,25-26H,8-9H2,1-2H3/b18-16-. The summed E-state index contributed by atoms with van der Waals surface area (Å²) in [5, 5.41) is 21.1. The molecule has 1 aromatic heterocycles. The average molecular weight is 446 g/mol. The summed E-state index contributed by atoms with van der Waals surface area (Å²) >= 11 is 3.29. The number of aromatic hydroxyl groups is 1. The van der Waals surface area contributed by atoms with E-state index in [-0.39, 0.29) is 16.9 Å². The maximum atomic E-state index is 12.8. The van der Waals surface area contributed by atoms with Crippen LogP contribution in [0.15, 0.2) is 52.8 Å². The minimum Gasteiger partial charge on any atom is -0.507 e. The van der Waals surface area contributed by atoms with Crippen molar-refractivity contribution in [3.05, 3.63) is 63.9 Å². The molecule has 1 unspecified atom stereocenters. The molecule has 0 radical (unpaired) electrons. The molecule has 2 N–H and O–H groups in total. The Morgan fingerprint density at radius 1 is 1.29 bits per heavy atom. The smallest absolute Gasteiger partial charge is 0.295 e. The predicted octanol–water partition coefficient (Wildman–Crippen LogP) is 2.53. The number of halogens is 1. The lowest BCUT2D eigenvalue weighted by molar-refractivity contribution is -0.140. The van der Waals surface area contributed by atoms with Crippen molar-refractivity contribution in [2.75, 3.05) is 27.2 Å². The van der Waals surface area contributed by atoms with Crippen LogP contribution in [0, 0.1) is 0 Å². The van der Waals surface area contributed by atoms with Gasteiger partial charge in [0, 0.05) is 30.0 Å². The number of nitrogens with zero attached hydrogens (tertiary/aromatic N) is 3. The SMILES string of the molecule is CN(C)CCN1C(=O)C(=O)/C(=C(\O)c2cc(Br)ccc2O)C1c1cccnc1. The zero-order valence-electron chi connectivity index (χ0n) is 15.5. The first-order valence-corrected chi connectivity index (χ1v) is 9.42. The van der Waals surface area contributed by atoms with Crippen molar-refractivity contribution in [3.8, 4) is 5.75 Å². The number of likely N-dealkylation sites (tertiary alicyclic amines) is 1. The second-order valence-corrected chi connectivity index (χ2v) is 7.66. The highest BCUT2D eigenvalue weighted by Gasteiger charge is 2.46. The number of rotatable bonds is 5. The van der Waals surface area contributed by atoms with Crippen LogP contribution in [-0.4, -0.2) is 63.9 Å². The summed E-state index contributed by atoms with van der Waals surface area (Å²) < 4.78 is 0.617. The van der Waals surface area contributed by atoms with Crippen molar-refractivity contribution in [2.24, 2.45) is 0 Å². The molecule has 1 atom stereocenters. The van der Waals surface area contributed by atoms with Crippen LogP contribution in [0.2, 0.25) is 0 Å². The summed E-state index contributed by atoms with van der Waals surface area (Å²) in [5.41, 5.74) is 0.621. The van der Waals surface area contributed by atoms with Gasteiger partial charge in [0.15, 0.2) is 0 Å². The number of ketones is 1. The Morgan fingerprint density at radius 3 is 2.68 bits per heavy atom. The molecule has 2 heterocycles. The molecule has 1 fully saturated rings. The number of aromatic nitrogens is 1. The van der Waals surface area contributed by atoms with Gasteiger partial charge < -0.3 is 20.0 Å². The number of phenolic OH excluding ortho intramolecular Hbond substituents is 1. The Hall–Kier alpha value is -2.71. The molecule has 3 rings (SSSR count). The van der Waals surface area contributed by atoms with E-state index in [1.807, 2.05) is 19.0 Å². The van der Waals surface area contributed by atoms with E-state index >= 15 is 0 Å². The molecule has 1 aliphatic rings. The number of phenols is 1. The molecule has 1 saturated heterocycles. The highest BCUT2D eigenvalue weighted by molar-refractivity contribution is 9.10. The highest BCUT2D eigenvalue weighted by Crippen LogP contribution is 2.40. The zero-order valence-corrected chi connectivity index (χ0v) is 17.0. The predicted molar refractivity (Wildman–Crippen MR) is 108 cm³/mol. The van der Waals surface area contributed by atoms with Crippen molar-refractivity contribution < 1.29 is 19.8 Å². The molecule has 1 amide bonds. The van der Waals surface area contributed by atoms with E-state index in [1.54, 1.807) is 30.6 Å². The largest absolute Gasteiger partial charge is 0.507 e. The zero-order chi connectivity index (χ0) is 20.4. The molecule has 0 saturated carbocycles. The summed E-state index contributed by atoms with van der Waals surface area (Å²) in [4.78, 5) is 33.0. The summed E-state index contributed by atoms with van der Waals surface area (Å²) in [6.45, 7) is 0.852. The highest BCUT2D eigenvalue weighted by atomic mass is 79.9. The number of carbonyl (C=O) groups is 2. The normalized spacial score (nSPS) is 18.9. The number of aliphatic hydroxyl groups excluding tert-OH is 1. The van der Waals surface area contributed by atoms with Crippen molar-refractivity contribution in [2.45, 2.75) is 6.04 Å². The van der Waals surface area contributed by atoms with E-state index in [4.69, 9.17) is 0 Å². The monoisotopic (exact) mass is 445 g/mol. The number of hydrogen-bond donors (Lipinski definition) is 2. The van der Waals surface area contributed by atoms with Crippen molar-refractivity contribution in [1.82, 2.24) is 14.8 Å². The Balaban J connectivity index is 2.18. The second kappa shape index (κ2) is 8.12. The van der Waals surface area contributed by atoms with E-state index < -0.39 is 23.5 Å². The number of Topliss-reactive ketones (excluding diaryl/α,β-unsaturated/α-hetero) is 1. The summed E-state index contributed by atoms with van der Waals surface area (Å²) in [5.74, 6) is -2.08. The lowest BCUT2D eigenvalue weighted by Crippen LogP contribution is -2.35. The summed E-state index contributed by atoms with van der Waals surface area (Å²) in [6, 6.07) is 7.18. The quantitative estimate of drug-likeness (QED) is 0.417. The number of benzene rings is 1. The van der Waals surface area contributed by atoms with E-state index in [2.05, 4.69) is 20.9 Å². The van der Waals surface area contributed by atoms with Crippen LogP contribution in [0.25, 0.3) is 5.76 Å². The minimum absolute atomic E-state index is 0.0647. The van der Waals surface area contributed by atoms with Gasteiger partial charge in [-0.3, -0.25) is 14.6 Å². The molecule has 0 spiro atoms.